The molecule has 1 aliphatic carbocycles. The van der Waals surface area contributed by atoms with E-state index < -0.39 is 29.4 Å². The number of rotatable bonds is 8. The summed E-state index contributed by atoms with van der Waals surface area (Å²) in [4.78, 5) is 23.3. The fourth-order valence-corrected chi connectivity index (χ4v) is 9.46. The number of aromatic hydroxyl groups is 1. The van der Waals surface area contributed by atoms with Crippen LogP contribution in [0.2, 0.25) is 0 Å². The zero-order valence-corrected chi connectivity index (χ0v) is 30.1. The van der Waals surface area contributed by atoms with Crippen LogP contribution in [0.1, 0.15) is 50.1 Å². The van der Waals surface area contributed by atoms with Crippen LogP contribution in [0.15, 0.2) is 59.9 Å². The second kappa shape index (κ2) is 13.7. The van der Waals surface area contributed by atoms with Crippen LogP contribution in [0.5, 0.6) is 17.5 Å². The first kappa shape index (κ1) is 36.3. The van der Waals surface area contributed by atoms with Gasteiger partial charge in [0.25, 0.3) is 0 Å². The van der Waals surface area contributed by atoms with Crippen molar-refractivity contribution in [2.24, 2.45) is 17.0 Å². The molecule has 2 bridgehead atoms. The number of halogens is 6. The van der Waals surface area contributed by atoms with Crippen molar-refractivity contribution in [1.82, 2.24) is 19.9 Å². The third-order valence-corrected chi connectivity index (χ3v) is 11.8. The van der Waals surface area contributed by atoms with E-state index in [1.807, 2.05) is 4.90 Å². The van der Waals surface area contributed by atoms with Gasteiger partial charge in [0.05, 0.1) is 16.6 Å². The molecule has 1 N–H and O–H groups in total. The second-order valence-corrected chi connectivity index (χ2v) is 15.0. The van der Waals surface area contributed by atoms with Crippen molar-refractivity contribution < 1.29 is 45.8 Å². The average Bonchev–Trinajstić information content (AvgIpc) is 3.80. The van der Waals surface area contributed by atoms with Crippen LogP contribution in [-0.2, 0) is 4.84 Å². The van der Waals surface area contributed by atoms with E-state index in [0.717, 1.165) is 68.5 Å². The highest BCUT2D eigenvalue weighted by atomic mass is 19.4. The zero-order chi connectivity index (χ0) is 38.9. The maximum Gasteiger partial charge on any atom is 0.573 e. The number of oxime groups is 1. The van der Waals surface area contributed by atoms with E-state index in [2.05, 4.69) is 24.8 Å². The van der Waals surface area contributed by atoms with Crippen molar-refractivity contribution in [3.63, 3.8) is 0 Å². The van der Waals surface area contributed by atoms with Gasteiger partial charge in [0.1, 0.15) is 42.2 Å². The molecule has 4 aliphatic rings. The van der Waals surface area contributed by atoms with Gasteiger partial charge in [-0.3, -0.25) is 9.88 Å². The van der Waals surface area contributed by atoms with Gasteiger partial charge in [-0.05, 0) is 86.4 Å². The number of alkyl halides is 3. The molecule has 56 heavy (non-hydrogen) atoms. The fourth-order valence-electron chi connectivity index (χ4n) is 9.46. The standard InChI is InChI=1S/C40H36F6N6O4/c1-54-50-34-23-3-4-24(34)19-51(18-23)37-28-17-47-35(27-16-25(53)15-22-7-10-29(41)32(42)31(22)27)33(43)36(28)48-38(49-37)55-20-39-12-2-14-52(39)30(11-13-39)21-5-8-26(9-6-21)56-40(44,45)46/h5-10,15-17,23-24,30,53H,2-4,11-14,18-20H2,1H3. The van der Waals surface area contributed by atoms with Crippen LogP contribution in [0.4, 0.5) is 32.2 Å². The first-order valence-electron chi connectivity index (χ1n) is 18.5. The summed E-state index contributed by atoms with van der Waals surface area (Å²) in [5.74, 6) is -3.25. The third kappa shape index (κ3) is 6.27. The Bertz CT molecular complexity index is 2360. The van der Waals surface area contributed by atoms with Crippen LogP contribution in [0.25, 0.3) is 32.9 Å². The molecule has 5 aromatic rings. The molecule has 4 unspecified atom stereocenters. The number of phenolic OH excluding ortho intramolecular Hbond substituents is 1. The molecule has 0 spiro atoms. The second-order valence-electron chi connectivity index (χ2n) is 15.0. The first-order valence-corrected chi connectivity index (χ1v) is 18.5. The molecular weight excluding hydrogens is 742 g/mol. The predicted molar refractivity (Wildman–Crippen MR) is 194 cm³/mol. The van der Waals surface area contributed by atoms with Crippen molar-refractivity contribution in [2.75, 3.05) is 38.3 Å². The molecule has 2 aromatic heterocycles. The minimum Gasteiger partial charge on any atom is -0.508 e. The molecule has 1 saturated carbocycles. The molecule has 5 heterocycles. The van der Waals surface area contributed by atoms with Gasteiger partial charge in [0.15, 0.2) is 17.5 Å². The van der Waals surface area contributed by atoms with E-state index in [1.165, 1.54) is 37.6 Å². The quantitative estimate of drug-likeness (QED) is 0.123. The molecule has 10 nitrogen and oxygen atoms in total. The number of hydrogen-bond acceptors (Lipinski definition) is 10. The summed E-state index contributed by atoms with van der Waals surface area (Å²) >= 11 is 0. The Balaban J connectivity index is 1.08. The Kier molecular flexibility index (Phi) is 8.86. The summed E-state index contributed by atoms with van der Waals surface area (Å²) in [5.41, 5.74) is 0.793. The Morgan fingerprint density at radius 2 is 1.71 bits per heavy atom. The number of benzene rings is 3. The average molecular weight is 779 g/mol. The molecular formula is C40H36F6N6O4. The Hall–Kier alpha value is -5.38. The highest BCUT2D eigenvalue weighted by molar-refractivity contribution is 6.00. The summed E-state index contributed by atoms with van der Waals surface area (Å²) in [6, 6.07) is 10.4. The number of aromatic nitrogens is 3. The lowest BCUT2D eigenvalue weighted by molar-refractivity contribution is -0.274. The number of nitrogens with zero attached hydrogens (tertiary/aromatic N) is 6. The summed E-state index contributed by atoms with van der Waals surface area (Å²) in [5, 5.41) is 15.0. The minimum atomic E-state index is -4.78. The topological polar surface area (TPSA) is 105 Å². The minimum absolute atomic E-state index is 0.0608. The van der Waals surface area contributed by atoms with E-state index in [-0.39, 0.29) is 69.5 Å². The summed E-state index contributed by atoms with van der Waals surface area (Å²) < 4.78 is 95.6. The SMILES string of the molecule is CON=C1C2CCC1CN(c1nc(OCC34CCCN3C(c3ccc(OC(F)(F)F)cc3)CC4)nc3c(F)c(-c4cc(O)cc5ccc(F)c(F)c45)ncc13)C2. The number of anilines is 1. The van der Waals surface area contributed by atoms with Gasteiger partial charge in [-0.15, -0.1) is 13.2 Å². The number of ether oxygens (including phenoxy) is 2. The van der Waals surface area contributed by atoms with Gasteiger partial charge in [-0.1, -0.05) is 23.4 Å². The molecule has 3 aliphatic heterocycles. The monoisotopic (exact) mass is 778 g/mol. The Morgan fingerprint density at radius 1 is 0.946 bits per heavy atom. The molecule has 4 fully saturated rings. The predicted octanol–water partition coefficient (Wildman–Crippen LogP) is 8.46. The van der Waals surface area contributed by atoms with Gasteiger partial charge in [-0.25, -0.2) is 13.2 Å². The maximum atomic E-state index is 17.0. The van der Waals surface area contributed by atoms with Gasteiger partial charge in [-0.2, -0.15) is 9.97 Å². The van der Waals surface area contributed by atoms with Crippen molar-refractivity contribution in [3.8, 4) is 28.8 Å². The van der Waals surface area contributed by atoms with Gasteiger partial charge in [0.2, 0.25) is 0 Å². The smallest absolute Gasteiger partial charge is 0.508 e. The van der Waals surface area contributed by atoms with Crippen LogP contribution in [0.3, 0.4) is 0 Å². The summed E-state index contributed by atoms with van der Waals surface area (Å²) in [6.07, 6.45) is 1.58. The number of piperidine rings is 1. The van der Waals surface area contributed by atoms with Crippen LogP contribution in [-0.4, -0.2) is 75.9 Å². The number of hydrogen-bond donors (Lipinski definition) is 1. The molecule has 0 amide bonds. The molecule has 3 aromatic carbocycles. The van der Waals surface area contributed by atoms with E-state index in [0.29, 0.717) is 24.3 Å². The largest absolute Gasteiger partial charge is 0.573 e. The zero-order valence-electron chi connectivity index (χ0n) is 30.1. The normalized spacial score (nSPS) is 23.6. The van der Waals surface area contributed by atoms with Gasteiger partial charge < -0.3 is 24.3 Å². The Morgan fingerprint density at radius 3 is 2.45 bits per heavy atom. The van der Waals surface area contributed by atoms with Crippen molar-refractivity contribution in [2.45, 2.75) is 56.5 Å². The third-order valence-electron chi connectivity index (χ3n) is 11.8. The van der Waals surface area contributed by atoms with Crippen molar-refractivity contribution >= 4 is 33.2 Å². The lowest BCUT2D eigenvalue weighted by Gasteiger charge is -2.35. The first-order chi connectivity index (χ1) is 26.9. The van der Waals surface area contributed by atoms with E-state index in [9.17, 15) is 22.7 Å². The molecule has 292 valence electrons. The van der Waals surface area contributed by atoms with E-state index in [4.69, 9.17) is 14.6 Å². The van der Waals surface area contributed by atoms with Crippen molar-refractivity contribution in [1.29, 1.82) is 0 Å². The maximum absolute atomic E-state index is 17.0. The highest BCUT2D eigenvalue weighted by Crippen LogP contribution is 2.49. The lowest BCUT2D eigenvalue weighted by atomic mass is 9.95. The van der Waals surface area contributed by atoms with E-state index in [1.54, 1.807) is 12.1 Å². The van der Waals surface area contributed by atoms with Crippen LogP contribution < -0.4 is 14.4 Å². The summed E-state index contributed by atoms with van der Waals surface area (Å²) in [7, 11) is 1.52. The van der Waals surface area contributed by atoms with Gasteiger partial charge in [0, 0.05) is 48.1 Å². The molecule has 3 saturated heterocycles. The highest BCUT2D eigenvalue weighted by Gasteiger charge is 2.50. The number of fused-ring (bicyclic) bond motifs is 5. The van der Waals surface area contributed by atoms with Gasteiger partial charge >= 0.3 is 12.4 Å². The summed E-state index contributed by atoms with van der Waals surface area (Å²) in [6.45, 7) is 1.98. The molecule has 9 rings (SSSR count). The molecule has 16 heteroatoms. The molecule has 4 atom stereocenters. The van der Waals surface area contributed by atoms with Crippen LogP contribution >= 0.6 is 0 Å². The fraction of sp³-hybridized carbons (Fsp3) is 0.400. The van der Waals surface area contributed by atoms with Crippen LogP contribution in [0, 0.1) is 29.3 Å². The number of pyridine rings is 1. The Labute approximate surface area is 316 Å². The van der Waals surface area contributed by atoms with Crippen molar-refractivity contribution in [3.05, 3.63) is 77.7 Å². The lowest BCUT2D eigenvalue weighted by Crippen LogP contribution is -2.44. The van der Waals surface area contributed by atoms with E-state index >= 15 is 8.78 Å². The molecule has 0 radical (unpaired) electrons. The number of phenols is 1.